The van der Waals surface area contributed by atoms with E-state index >= 15 is 0 Å². The summed E-state index contributed by atoms with van der Waals surface area (Å²) in [4.78, 5) is 0. The van der Waals surface area contributed by atoms with Gasteiger partial charge >= 0.3 is 0 Å². The second kappa shape index (κ2) is 5.04. The molecular formula is C12H10BrClO2. The lowest BCUT2D eigenvalue weighted by molar-refractivity contribution is 0.149. The quantitative estimate of drug-likeness (QED) is 0.930. The minimum Gasteiger partial charge on any atom is -0.452 e. The summed E-state index contributed by atoms with van der Waals surface area (Å²) >= 11 is 9.06. The molecule has 0 spiro atoms. The van der Waals surface area contributed by atoms with Gasteiger partial charge in [0.05, 0.1) is 0 Å². The molecule has 0 fully saturated rings. The minimum absolute atomic E-state index is 0.487. The van der Waals surface area contributed by atoms with Gasteiger partial charge in [-0.2, -0.15) is 0 Å². The van der Waals surface area contributed by atoms with Crippen LogP contribution in [0.3, 0.4) is 0 Å². The van der Waals surface area contributed by atoms with Crippen LogP contribution in [-0.4, -0.2) is 5.11 Å². The SMILES string of the molecule is OC(Cc1cccc(Cl)c1)c1ccc(Br)o1. The van der Waals surface area contributed by atoms with Gasteiger partial charge < -0.3 is 9.52 Å². The second-order valence-electron chi connectivity index (χ2n) is 3.49. The Hall–Kier alpha value is -0.770. The number of halogens is 2. The van der Waals surface area contributed by atoms with Gasteiger partial charge in [-0.3, -0.25) is 0 Å². The van der Waals surface area contributed by atoms with Gasteiger partial charge in [-0.25, -0.2) is 0 Å². The molecule has 0 aliphatic heterocycles. The normalized spacial score (nSPS) is 12.7. The van der Waals surface area contributed by atoms with E-state index in [9.17, 15) is 5.11 Å². The first-order chi connectivity index (χ1) is 7.65. The zero-order valence-corrected chi connectivity index (χ0v) is 10.7. The summed E-state index contributed by atoms with van der Waals surface area (Å²) in [5, 5.41) is 10.6. The van der Waals surface area contributed by atoms with Crippen LogP contribution in [0.5, 0.6) is 0 Å². The third-order valence-electron chi connectivity index (χ3n) is 2.24. The smallest absolute Gasteiger partial charge is 0.169 e. The number of rotatable bonds is 3. The van der Waals surface area contributed by atoms with E-state index < -0.39 is 6.10 Å². The summed E-state index contributed by atoms with van der Waals surface area (Å²) in [6, 6.07) is 10.9. The third-order valence-corrected chi connectivity index (χ3v) is 2.90. The number of benzene rings is 1. The Labute approximate surface area is 107 Å². The molecule has 1 aromatic heterocycles. The molecule has 1 aromatic carbocycles. The summed E-state index contributed by atoms with van der Waals surface area (Å²) in [5.74, 6) is 0.548. The molecule has 1 N–H and O–H groups in total. The van der Waals surface area contributed by atoms with E-state index in [-0.39, 0.29) is 0 Å². The van der Waals surface area contributed by atoms with Crippen molar-refractivity contribution in [3.8, 4) is 0 Å². The molecule has 16 heavy (non-hydrogen) atoms. The van der Waals surface area contributed by atoms with Crippen LogP contribution in [0.4, 0.5) is 0 Å². The van der Waals surface area contributed by atoms with E-state index in [0.717, 1.165) is 5.56 Å². The third kappa shape index (κ3) is 2.88. The maximum atomic E-state index is 9.92. The topological polar surface area (TPSA) is 33.4 Å². The Bertz CT molecular complexity index is 481. The zero-order valence-electron chi connectivity index (χ0n) is 8.36. The molecule has 1 atom stereocenters. The van der Waals surface area contributed by atoms with Crippen molar-refractivity contribution in [2.45, 2.75) is 12.5 Å². The van der Waals surface area contributed by atoms with Crippen molar-refractivity contribution >= 4 is 27.5 Å². The first kappa shape index (κ1) is 11.7. The Morgan fingerprint density at radius 3 is 2.75 bits per heavy atom. The van der Waals surface area contributed by atoms with Gasteiger partial charge in [0.25, 0.3) is 0 Å². The van der Waals surface area contributed by atoms with E-state index in [0.29, 0.717) is 21.9 Å². The highest BCUT2D eigenvalue weighted by Gasteiger charge is 2.12. The molecule has 1 unspecified atom stereocenters. The number of furan rings is 1. The largest absolute Gasteiger partial charge is 0.452 e. The molecule has 0 saturated carbocycles. The predicted octanol–water partition coefficient (Wildman–Crippen LogP) is 3.97. The highest BCUT2D eigenvalue weighted by molar-refractivity contribution is 9.10. The van der Waals surface area contributed by atoms with Gasteiger partial charge in [-0.15, -0.1) is 0 Å². The molecule has 4 heteroatoms. The molecule has 0 radical (unpaired) electrons. The van der Waals surface area contributed by atoms with E-state index in [1.54, 1.807) is 18.2 Å². The Balaban J connectivity index is 2.10. The maximum absolute atomic E-state index is 9.92. The van der Waals surface area contributed by atoms with Crippen molar-refractivity contribution < 1.29 is 9.52 Å². The number of hydrogen-bond donors (Lipinski definition) is 1. The molecule has 0 aliphatic carbocycles. The van der Waals surface area contributed by atoms with Gasteiger partial charge in [0.1, 0.15) is 11.9 Å². The van der Waals surface area contributed by atoms with Crippen LogP contribution in [0, 0.1) is 0 Å². The first-order valence-electron chi connectivity index (χ1n) is 4.83. The van der Waals surface area contributed by atoms with E-state index in [1.165, 1.54) is 0 Å². The molecule has 84 valence electrons. The molecule has 0 bridgehead atoms. The second-order valence-corrected chi connectivity index (χ2v) is 4.71. The lowest BCUT2D eigenvalue weighted by Gasteiger charge is -2.07. The van der Waals surface area contributed by atoms with Crippen molar-refractivity contribution in [2.75, 3.05) is 0 Å². The first-order valence-corrected chi connectivity index (χ1v) is 6.00. The summed E-state index contributed by atoms with van der Waals surface area (Å²) in [5.41, 5.74) is 0.979. The lowest BCUT2D eigenvalue weighted by Crippen LogP contribution is -2.00. The van der Waals surface area contributed by atoms with Gasteiger partial charge in [0, 0.05) is 11.4 Å². The molecule has 0 amide bonds. The fourth-order valence-corrected chi connectivity index (χ4v) is 2.03. The van der Waals surface area contributed by atoms with Crippen LogP contribution in [0.15, 0.2) is 45.5 Å². The Kier molecular flexibility index (Phi) is 3.69. The summed E-state index contributed by atoms with van der Waals surface area (Å²) < 4.78 is 5.90. The summed E-state index contributed by atoms with van der Waals surface area (Å²) in [6.45, 7) is 0. The number of aliphatic hydroxyl groups excluding tert-OH is 1. The molecule has 2 aromatic rings. The van der Waals surface area contributed by atoms with Crippen LogP contribution in [0.25, 0.3) is 0 Å². The molecular weight excluding hydrogens is 291 g/mol. The Morgan fingerprint density at radius 2 is 2.12 bits per heavy atom. The van der Waals surface area contributed by atoms with Crippen LogP contribution in [0.2, 0.25) is 5.02 Å². The van der Waals surface area contributed by atoms with Crippen molar-refractivity contribution in [3.63, 3.8) is 0 Å². The van der Waals surface area contributed by atoms with Crippen LogP contribution in [-0.2, 0) is 6.42 Å². The highest BCUT2D eigenvalue weighted by Crippen LogP contribution is 2.24. The fraction of sp³-hybridized carbons (Fsp3) is 0.167. The van der Waals surface area contributed by atoms with Crippen molar-refractivity contribution in [1.29, 1.82) is 0 Å². The van der Waals surface area contributed by atoms with Crippen molar-refractivity contribution in [1.82, 2.24) is 0 Å². The van der Waals surface area contributed by atoms with Crippen molar-refractivity contribution in [2.24, 2.45) is 0 Å². The molecule has 2 rings (SSSR count). The summed E-state index contributed by atoms with van der Waals surface area (Å²) in [6.07, 6.45) is -0.162. The summed E-state index contributed by atoms with van der Waals surface area (Å²) in [7, 11) is 0. The van der Waals surface area contributed by atoms with Gasteiger partial charge in [-0.05, 0) is 45.8 Å². The standard InChI is InChI=1S/C12H10BrClO2/c13-12-5-4-11(16-12)10(15)7-8-2-1-3-9(14)6-8/h1-6,10,15H,7H2. The monoisotopic (exact) mass is 300 g/mol. The average molecular weight is 302 g/mol. The molecule has 1 heterocycles. The molecule has 0 aliphatic rings. The van der Waals surface area contributed by atoms with E-state index in [1.807, 2.05) is 18.2 Å². The van der Waals surface area contributed by atoms with Crippen molar-refractivity contribution in [3.05, 3.63) is 57.4 Å². The molecule has 2 nitrogen and oxygen atoms in total. The Morgan fingerprint density at radius 1 is 1.31 bits per heavy atom. The van der Waals surface area contributed by atoms with Gasteiger partial charge in [0.15, 0.2) is 4.67 Å². The predicted molar refractivity (Wildman–Crippen MR) is 66.5 cm³/mol. The maximum Gasteiger partial charge on any atom is 0.169 e. The number of aliphatic hydroxyl groups is 1. The van der Waals surface area contributed by atoms with Crippen LogP contribution in [0.1, 0.15) is 17.4 Å². The molecule has 0 saturated heterocycles. The van der Waals surface area contributed by atoms with Gasteiger partial charge in [-0.1, -0.05) is 23.7 Å². The zero-order chi connectivity index (χ0) is 11.5. The van der Waals surface area contributed by atoms with E-state index in [4.69, 9.17) is 16.0 Å². The fourth-order valence-electron chi connectivity index (χ4n) is 1.50. The highest BCUT2D eigenvalue weighted by atomic mass is 79.9. The van der Waals surface area contributed by atoms with Crippen LogP contribution >= 0.6 is 27.5 Å². The average Bonchev–Trinajstić information content (AvgIpc) is 2.65. The minimum atomic E-state index is -0.648. The van der Waals surface area contributed by atoms with Gasteiger partial charge in [0.2, 0.25) is 0 Å². The lowest BCUT2D eigenvalue weighted by atomic mass is 10.1. The van der Waals surface area contributed by atoms with E-state index in [2.05, 4.69) is 15.9 Å². The van der Waals surface area contributed by atoms with Crippen LogP contribution < -0.4 is 0 Å². The number of hydrogen-bond acceptors (Lipinski definition) is 2.